The molecule has 0 aliphatic carbocycles. The number of hydrogen-bond donors (Lipinski definition) is 0. The topological polar surface area (TPSA) is 69.2 Å². The van der Waals surface area contributed by atoms with Crippen LogP contribution in [0.2, 0.25) is 0 Å². The average Bonchev–Trinajstić information content (AvgIpc) is 2.88. The Balaban J connectivity index is 0.000000204. The van der Waals surface area contributed by atoms with E-state index in [9.17, 15) is 17.2 Å². The van der Waals surface area contributed by atoms with E-state index in [-0.39, 0.29) is 23.1 Å². The second-order valence-corrected chi connectivity index (χ2v) is 11.3. The number of rotatable bonds is 5. The smallest absolute Gasteiger partial charge is 0.261 e. The maximum Gasteiger partial charge on any atom is 0.261 e. The Labute approximate surface area is 228 Å². The first-order chi connectivity index (χ1) is 18.1. The Morgan fingerprint density at radius 2 is 1.29 bits per heavy atom. The zero-order valence-electron chi connectivity index (χ0n) is 20.4. The lowest BCUT2D eigenvalue weighted by Gasteiger charge is -2.10. The number of aromatic nitrogens is 2. The van der Waals surface area contributed by atoms with Gasteiger partial charge in [-0.1, -0.05) is 24.3 Å². The van der Waals surface area contributed by atoms with Crippen molar-refractivity contribution in [2.75, 3.05) is 0 Å². The Morgan fingerprint density at radius 3 is 1.79 bits per heavy atom. The third-order valence-electron chi connectivity index (χ3n) is 5.65. The van der Waals surface area contributed by atoms with Gasteiger partial charge in [-0.25, -0.2) is 17.2 Å². The summed E-state index contributed by atoms with van der Waals surface area (Å²) in [5, 5.41) is 1.48. The molecule has 0 N–H and O–H groups in total. The molecule has 0 saturated heterocycles. The summed E-state index contributed by atoms with van der Waals surface area (Å²) in [5.41, 5.74) is 3.91. The number of alkyl halides is 1. The highest BCUT2D eigenvalue weighted by Crippen LogP contribution is 2.24. The number of ether oxygens (including phenoxy) is 1. The summed E-state index contributed by atoms with van der Waals surface area (Å²) in [6.45, 7) is 3.83. The molecule has 196 valence electrons. The van der Waals surface area contributed by atoms with E-state index in [1.165, 1.54) is 36.4 Å². The van der Waals surface area contributed by atoms with E-state index in [1.807, 2.05) is 25.1 Å². The maximum absolute atomic E-state index is 13.9. The van der Waals surface area contributed by atoms with E-state index in [2.05, 4.69) is 9.97 Å². The van der Waals surface area contributed by atoms with Crippen LogP contribution in [0.25, 0.3) is 21.8 Å². The molecule has 2 heterocycles. The molecule has 38 heavy (non-hydrogen) atoms. The van der Waals surface area contributed by atoms with Crippen LogP contribution in [-0.2, 0) is 21.5 Å². The van der Waals surface area contributed by atoms with Crippen molar-refractivity contribution in [3.8, 4) is 5.75 Å². The van der Waals surface area contributed by atoms with Gasteiger partial charge in [-0.05, 0) is 67.9 Å². The van der Waals surface area contributed by atoms with Gasteiger partial charge in [0.15, 0.2) is 0 Å². The van der Waals surface area contributed by atoms with Crippen LogP contribution in [0.3, 0.4) is 0 Å². The van der Waals surface area contributed by atoms with Gasteiger partial charge >= 0.3 is 0 Å². The number of hydrogen-bond acceptors (Lipinski definition) is 5. The predicted octanol–water partition coefficient (Wildman–Crippen LogP) is 7.61. The SMILES string of the molecule is Cc1cc(CCl)c2cccc(F)c2n1.Cc1cc(COc2ccc(S(=O)(=O)Cl)cc2)c2cccc(F)c2n1. The van der Waals surface area contributed by atoms with E-state index in [1.54, 1.807) is 25.1 Å². The van der Waals surface area contributed by atoms with E-state index < -0.39 is 9.05 Å². The molecule has 10 heteroatoms. The molecule has 0 atom stereocenters. The van der Waals surface area contributed by atoms with Gasteiger partial charge in [0.2, 0.25) is 0 Å². The Kier molecular flexibility index (Phi) is 8.45. The largest absolute Gasteiger partial charge is 0.489 e. The molecule has 5 rings (SSSR count). The predicted molar refractivity (Wildman–Crippen MR) is 146 cm³/mol. The molecule has 5 aromatic rings. The summed E-state index contributed by atoms with van der Waals surface area (Å²) >= 11 is 5.78. The van der Waals surface area contributed by atoms with E-state index >= 15 is 0 Å². The average molecular weight is 575 g/mol. The van der Waals surface area contributed by atoms with Gasteiger partial charge in [0.25, 0.3) is 9.05 Å². The van der Waals surface area contributed by atoms with Crippen LogP contribution in [0.1, 0.15) is 22.5 Å². The Hall–Kier alpha value is -3.33. The van der Waals surface area contributed by atoms with Gasteiger partial charge in [0.1, 0.15) is 35.0 Å². The molecule has 0 saturated carbocycles. The lowest BCUT2D eigenvalue weighted by atomic mass is 10.1. The summed E-state index contributed by atoms with van der Waals surface area (Å²) in [4.78, 5) is 8.37. The fourth-order valence-electron chi connectivity index (χ4n) is 3.94. The molecule has 5 nitrogen and oxygen atoms in total. The number of nitrogens with zero attached hydrogens (tertiary/aromatic N) is 2. The Morgan fingerprint density at radius 1 is 0.789 bits per heavy atom. The molecule has 0 spiro atoms. The van der Waals surface area contributed by atoms with Crippen molar-refractivity contribution in [3.63, 3.8) is 0 Å². The van der Waals surface area contributed by atoms with Crippen molar-refractivity contribution in [3.05, 3.63) is 107 Å². The maximum atomic E-state index is 13.9. The van der Waals surface area contributed by atoms with Crippen LogP contribution in [0.4, 0.5) is 8.78 Å². The van der Waals surface area contributed by atoms with E-state index in [4.69, 9.17) is 27.0 Å². The molecule has 0 radical (unpaired) electrons. The molecule has 0 fully saturated rings. The minimum absolute atomic E-state index is 0.00351. The van der Waals surface area contributed by atoms with Crippen molar-refractivity contribution >= 4 is 53.1 Å². The minimum atomic E-state index is -3.76. The zero-order chi connectivity index (χ0) is 27.4. The Bertz CT molecular complexity index is 1730. The number of benzene rings is 3. The van der Waals surface area contributed by atoms with Crippen LogP contribution in [-0.4, -0.2) is 18.4 Å². The molecule has 0 amide bonds. The van der Waals surface area contributed by atoms with Crippen LogP contribution in [0.5, 0.6) is 5.75 Å². The number of aryl methyl sites for hydroxylation is 2. The van der Waals surface area contributed by atoms with Crippen molar-refractivity contribution < 1.29 is 21.9 Å². The van der Waals surface area contributed by atoms with Gasteiger partial charge in [-0.3, -0.25) is 9.97 Å². The number of halogens is 4. The summed E-state index contributed by atoms with van der Waals surface area (Å²) in [6, 6.07) is 19.2. The number of pyridine rings is 2. The molecule has 0 aliphatic rings. The van der Waals surface area contributed by atoms with E-state index in [0.29, 0.717) is 33.7 Å². The highest BCUT2D eigenvalue weighted by Gasteiger charge is 2.11. The van der Waals surface area contributed by atoms with Crippen molar-refractivity contribution in [1.29, 1.82) is 0 Å². The first-order valence-electron chi connectivity index (χ1n) is 11.4. The van der Waals surface area contributed by atoms with E-state index in [0.717, 1.165) is 22.2 Å². The van der Waals surface area contributed by atoms with Gasteiger partial charge in [0, 0.05) is 44.3 Å². The number of fused-ring (bicyclic) bond motifs is 2. The fourth-order valence-corrected chi connectivity index (χ4v) is 4.93. The summed E-state index contributed by atoms with van der Waals surface area (Å²) in [7, 11) is 1.51. The van der Waals surface area contributed by atoms with Crippen molar-refractivity contribution in [2.45, 2.75) is 31.2 Å². The second-order valence-electron chi connectivity index (χ2n) is 8.45. The monoisotopic (exact) mass is 574 g/mol. The third-order valence-corrected chi connectivity index (χ3v) is 7.31. The van der Waals surface area contributed by atoms with Crippen LogP contribution < -0.4 is 4.74 Å². The highest BCUT2D eigenvalue weighted by molar-refractivity contribution is 8.13. The number of para-hydroxylation sites is 2. The summed E-state index contributed by atoms with van der Waals surface area (Å²) in [5.74, 6) is 0.188. The van der Waals surface area contributed by atoms with Crippen molar-refractivity contribution in [2.24, 2.45) is 0 Å². The van der Waals surface area contributed by atoms with Gasteiger partial charge in [-0.15, -0.1) is 11.6 Å². The third kappa shape index (κ3) is 6.38. The molecule has 3 aromatic carbocycles. The standard InChI is InChI=1S/C17H13ClFNO3S.C11H9ClFN/c1-11-9-12(15-3-2-4-16(19)17(15)20-11)10-23-13-5-7-14(8-6-13)24(18,21)22;1-7-5-8(6-12)9-3-2-4-10(13)11(9)14-7/h2-9H,10H2,1H3;2-5H,6H2,1H3. The molecular formula is C28H22Cl2F2N2O3S. The molecule has 2 aromatic heterocycles. The van der Waals surface area contributed by atoms with Gasteiger partial charge < -0.3 is 4.74 Å². The zero-order valence-corrected chi connectivity index (χ0v) is 22.7. The fraction of sp³-hybridized carbons (Fsp3) is 0.143. The molecule has 0 unspecified atom stereocenters. The minimum Gasteiger partial charge on any atom is -0.489 e. The van der Waals surface area contributed by atoms with Crippen LogP contribution in [0, 0.1) is 25.5 Å². The lowest BCUT2D eigenvalue weighted by Crippen LogP contribution is -2.00. The van der Waals surface area contributed by atoms with Crippen LogP contribution in [0.15, 0.2) is 77.7 Å². The second kappa shape index (κ2) is 11.6. The molecular weight excluding hydrogens is 553 g/mol. The molecule has 0 bridgehead atoms. The van der Waals surface area contributed by atoms with Gasteiger partial charge in [-0.2, -0.15) is 0 Å². The first kappa shape index (κ1) is 27.7. The summed E-state index contributed by atoms with van der Waals surface area (Å²) in [6.07, 6.45) is 0. The lowest BCUT2D eigenvalue weighted by molar-refractivity contribution is 0.307. The highest BCUT2D eigenvalue weighted by atomic mass is 35.7. The summed E-state index contributed by atoms with van der Waals surface area (Å²) < 4.78 is 55.4. The normalized spacial score (nSPS) is 11.3. The van der Waals surface area contributed by atoms with Crippen molar-refractivity contribution in [1.82, 2.24) is 9.97 Å². The van der Waals surface area contributed by atoms with Crippen LogP contribution >= 0.6 is 22.3 Å². The first-order valence-corrected chi connectivity index (χ1v) is 14.2. The molecule has 0 aliphatic heterocycles. The quantitative estimate of drug-likeness (QED) is 0.159. The van der Waals surface area contributed by atoms with Gasteiger partial charge in [0.05, 0.1) is 4.90 Å².